The van der Waals surface area contributed by atoms with Crippen LogP contribution in [0.1, 0.15) is 44.1 Å². The Kier molecular flexibility index (Phi) is 6.74. The zero-order chi connectivity index (χ0) is 21.5. The molecule has 0 spiro atoms. The second-order valence-corrected chi connectivity index (χ2v) is 8.03. The van der Waals surface area contributed by atoms with Gasteiger partial charge in [0.2, 0.25) is 0 Å². The van der Waals surface area contributed by atoms with E-state index in [1.165, 1.54) is 32.1 Å². The van der Waals surface area contributed by atoms with Gasteiger partial charge in [-0.3, -0.25) is 4.98 Å². The van der Waals surface area contributed by atoms with Crippen LogP contribution < -0.4 is 5.32 Å². The third-order valence-electron chi connectivity index (χ3n) is 5.92. The lowest BCUT2D eigenvalue weighted by Gasteiger charge is -2.19. The van der Waals surface area contributed by atoms with Crippen molar-refractivity contribution in [3.05, 3.63) is 66.5 Å². The van der Waals surface area contributed by atoms with Gasteiger partial charge in [0.05, 0.1) is 5.52 Å². The molecule has 0 unspecified atom stereocenters. The molecule has 1 aliphatic carbocycles. The lowest BCUT2D eigenvalue weighted by atomic mass is 9.87. The van der Waals surface area contributed by atoms with Crippen LogP contribution in [0.3, 0.4) is 0 Å². The Bertz CT molecular complexity index is 1130. The van der Waals surface area contributed by atoms with Gasteiger partial charge in [0, 0.05) is 30.4 Å². The monoisotopic (exact) mass is 408 g/mol. The van der Waals surface area contributed by atoms with E-state index in [4.69, 9.17) is 16.4 Å². The summed E-state index contributed by atoms with van der Waals surface area (Å²) in [7, 11) is 1.88. The third-order valence-corrected chi connectivity index (χ3v) is 5.92. The van der Waals surface area contributed by atoms with Gasteiger partial charge in [-0.2, -0.15) is 0 Å². The van der Waals surface area contributed by atoms with Crippen LogP contribution in [-0.4, -0.2) is 22.0 Å². The fraction of sp³-hybridized carbons (Fsp3) is 0.296. The zero-order valence-electron chi connectivity index (χ0n) is 18.0. The molecule has 0 amide bonds. The number of rotatable bonds is 6. The van der Waals surface area contributed by atoms with Crippen LogP contribution >= 0.6 is 0 Å². The summed E-state index contributed by atoms with van der Waals surface area (Å²) < 4.78 is 0. The highest BCUT2D eigenvalue weighted by Gasteiger charge is 2.12. The normalized spacial score (nSPS) is 15.3. The lowest BCUT2D eigenvalue weighted by molar-refractivity contribution is 0.361. The van der Waals surface area contributed by atoms with Gasteiger partial charge in [-0.05, 0) is 53.8 Å². The van der Waals surface area contributed by atoms with Gasteiger partial charge in [-0.25, -0.2) is 9.97 Å². The Morgan fingerprint density at radius 3 is 2.81 bits per heavy atom. The molecule has 1 saturated carbocycles. The van der Waals surface area contributed by atoms with Gasteiger partial charge < -0.3 is 5.32 Å². The summed E-state index contributed by atoms with van der Waals surface area (Å²) >= 11 is 0. The van der Waals surface area contributed by atoms with Crippen molar-refractivity contribution in [1.29, 1.82) is 0 Å². The molecular weight excluding hydrogens is 380 g/mol. The van der Waals surface area contributed by atoms with Crippen LogP contribution in [0.4, 0.5) is 5.82 Å². The molecular formula is C27H28N4. The van der Waals surface area contributed by atoms with E-state index in [9.17, 15) is 0 Å². The van der Waals surface area contributed by atoms with Crippen molar-refractivity contribution in [2.24, 2.45) is 5.92 Å². The quantitative estimate of drug-likeness (QED) is 0.385. The first-order chi connectivity index (χ1) is 15.3. The van der Waals surface area contributed by atoms with E-state index in [0.29, 0.717) is 5.82 Å². The van der Waals surface area contributed by atoms with E-state index in [2.05, 4.69) is 40.5 Å². The number of hydrogen-bond donors (Lipinski definition) is 1. The first kappa shape index (κ1) is 20.8. The Morgan fingerprint density at radius 1 is 1.19 bits per heavy atom. The number of nitrogens with one attached hydrogen (secondary N) is 1. The van der Waals surface area contributed by atoms with Crippen LogP contribution in [0, 0.1) is 18.3 Å². The summed E-state index contributed by atoms with van der Waals surface area (Å²) in [5.74, 6) is 4.95. The molecule has 1 fully saturated rings. The summed E-state index contributed by atoms with van der Waals surface area (Å²) in [6.07, 6.45) is 23.4. The SMILES string of the molecule is C#C/C=C(\C=C/CC1CCCCC1)c1ccc2nc(-c3cccnc3)nc(NC)c2c1. The zero-order valence-corrected chi connectivity index (χ0v) is 18.0. The average Bonchev–Trinajstić information content (AvgIpc) is 2.83. The molecule has 0 radical (unpaired) electrons. The highest BCUT2D eigenvalue weighted by Crippen LogP contribution is 2.29. The number of allylic oxidation sites excluding steroid dienone is 4. The van der Waals surface area contributed by atoms with Crippen LogP contribution in [0.5, 0.6) is 0 Å². The lowest BCUT2D eigenvalue weighted by Crippen LogP contribution is -2.04. The van der Waals surface area contributed by atoms with Gasteiger partial charge in [0.15, 0.2) is 5.82 Å². The van der Waals surface area contributed by atoms with Gasteiger partial charge in [-0.1, -0.05) is 56.2 Å². The highest BCUT2D eigenvalue weighted by molar-refractivity contribution is 5.94. The molecule has 1 aromatic carbocycles. The maximum atomic E-state index is 5.63. The molecule has 0 bridgehead atoms. The molecule has 31 heavy (non-hydrogen) atoms. The minimum atomic E-state index is 0.657. The van der Waals surface area contributed by atoms with Crippen molar-refractivity contribution in [3.8, 4) is 23.7 Å². The summed E-state index contributed by atoms with van der Waals surface area (Å²) in [6, 6.07) is 10.1. The van der Waals surface area contributed by atoms with Gasteiger partial charge in [-0.15, -0.1) is 6.42 Å². The number of hydrogen-bond acceptors (Lipinski definition) is 4. The van der Waals surface area contributed by atoms with Crippen LogP contribution in [0.2, 0.25) is 0 Å². The predicted molar refractivity (Wildman–Crippen MR) is 129 cm³/mol. The van der Waals surface area contributed by atoms with Crippen LogP contribution in [0.15, 0.2) is 61.0 Å². The maximum Gasteiger partial charge on any atom is 0.163 e. The Balaban J connectivity index is 1.65. The number of benzene rings is 1. The topological polar surface area (TPSA) is 50.7 Å². The molecule has 4 nitrogen and oxygen atoms in total. The van der Waals surface area contributed by atoms with Gasteiger partial charge in [0.25, 0.3) is 0 Å². The largest absolute Gasteiger partial charge is 0.373 e. The summed E-state index contributed by atoms with van der Waals surface area (Å²) in [5.41, 5.74) is 3.88. The van der Waals surface area contributed by atoms with Crippen LogP contribution in [0.25, 0.3) is 27.9 Å². The standard InChI is InChI=1S/C27H28N4/c1-3-9-21(13-7-12-20-10-5-4-6-11-20)22-15-16-25-24(18-22)27(28-2)31-26(30-25)23-14-8-17-29-19-23/h1,7-9,13-20H,4-6,10-12H2,2H3,(H,28,30,31)/b13-7-,21-9+. The molecule has 0 atom stereocenters. The number of nitrogens with zero attached hydrogens (tertiary/aromatic N) is 3. The Hall–Kier alpha value is -3.45. The Labute approximate surface area is 184 Å². The molecule has 156 valence electrons. The molecule has 1 N–H and O–H groups in total. The van der Waals surface area contributed by atoms with Crippen molar-refractivity contribution >= 4 is 22.3 Å². The number of pyridine rings is 1. The molecule has 3 aromatic rings. The molecule has 2 aromatic heterocycles. The van der Waals surface area contributed by atoms with E-state index >= 15 is 0 Å². The highest BCUT2D eigenvalue weighted by atomic mass is 15.0. The van der Waals surface area contributed by atoms with Crippen LogP contribution in [-0.2, 0) is 0 Å². The van der Waals surface area contributed by atoms with E-state index in [1.54, 1.807) is 12.4 Å². The first-order valence-corrected chi connectivity index (χ1v) is 11.0. The van der Waals surface area contributed by atoms with E-state index in [-0.39, 0.29) is 0 Å². The first-order valence-electron chi connectivity index (χ1n) is 11.0. The maximum absolute atomic E-state index is 5.63. The molecule has 0 aliphatic heterocycles. The average molecular weight is 409 g/mol. The molecule has 0 saturated heterocycles. The predicted octanol–water partition coefficient (Wildman–Crippen LogP) is 6.28. The fourth-order valence-electron chi connectivity index (χ4n) is 4.25. The molecule has 4 heteroatoms. The molecule has 1 aliphatic rings. The number of aromatic nitrogens is 3. The van der Waals surface area contributed by atoms with Crippen molar-refractivity contribution in [2.45, 2.75) is 38.5 Å². The number of anilines is 1. The molecule has 4 rings (SSSR count). The second-order valence-electron chi connectivity index (χ2n) is 8.03. The minimum absolute atomic E-state index is 0.657. The summed E-state index contributed by atoms with van der Waals surface area (Å²) in [4.78, 5) is 13.7. The third kappa shape index (κ3) is 5.00. The summed E-state index contributed by atoms with van der Waals surface area (Å²) in [6.45, 7) is 0. The van der Waals surface area contributed by atoms with Crippen molar-refractivity contribution in [3.63, 3.8) is 0 Å². The van der Waals surface area contributed by atoms with Gasteiger partial charge >= 0.3 is 0 Å². The number of terminal acetylenes is 1. The van der Waals surface area contributed by atoms with Crippen molar-refractivity contribution < 1.29 is 0 Å². The fourth-order valence-corrected chi connectivity index (χ4v) is 4.25. The number of fused-ring (bicyclic) bond motifs is 1. The van der Waals surface area contributed by atoms with E-state index in [0.717, 1.165) is 45.8 Å². The van der Waals surface area contributed by atoms with Crippen molar-refractivity contribution in [1.82, 2.24) is 15.0 Å². The van der Waals surface area contributed by atoms with Crippen molar-refractivity contribution in [2.75, 3.05) is 12.4 Å². The van der Waals surface area contributed by atoms with E-state index < -0.39 is 0 Å². The minimum Gasteiger partial charge on any atom is -0.373 e. The Morgan fingerprint density at radius 2 is 2.06 bits per heavy atom. The smallest absolute Gasteiger partial charge is 0.163 e. The second kappa shape index (κ2) is 10.0. The van der Waals surface area contributed by atoms with E-state index in [1.807, 2.05) is 31.3 Å². The summed E-state index contributed by atoms with van der Waals surface area (Å²) in [5, 5.41) is 4.18. The molecule has 2 heterocycles. The van der Waals surface area contributed by atoms with Gasteiger partial charge in [0.1, 0.15) is 5.82 Å².